The van der Waals surface area contributed by atoms with Crippen molar-refractivity contribution >= 4 is 11.3 Å². The van der Waals surface area contributed by atoms with Crippen LogP contribution in [-0.2, 0) is 17.9 Å². The number of nitrogens with one attached hydrogen (secondary N) is 1. The largest absolute Gasteiger partial charge is 0.373 e. The highest BCUT2D eigenvalue weighted by Crippen LogP contribution is 2.25. The molecule has 3 heteroatoms. The Bertz CT molecular complexity index is 307. The number of hydrogen-bond acceptors (Lipinski definition) is 3. The Labute approximate surface area is 102 Å². The molecule has 0 bridgehead atoms. The molecule has 16 heavy (non-hydrogen) atoms. The van der Waals surface area contributed by atoms with E-state index in [4.69, 9.17) is 4.74 Å². The Morgan fingerprint density at radius 3 is 2.88 bits per heavy atom. The second-order valence-electron chi connectivity index (χ2n) is 4.41. The monoisotopic (exact) mass is 239 g/mol. The fraction of sp³-hybridized carbons (Fsp3) is 0.692. The minimum Gasteiger partial charge on any atom is -0.373 e. The molecular formula is C13H21NOS. The minimum atomic E-state index is 0.545. The molecule has 1 saturated carbocycles. The van der Waals surface area contributed by atoms with E-state index in [0.717, 1.165) is 19.7 Å². The van der Waals surface area contributed by atoms with Crippen molar-refractivity contribution in [2.75, 3.05) is 6.54 Å². The maximum atomic E-state index is 5.79. The average Bonchev–Trinajstić information content (AvgIpc) is 2.64. The van der Waals surface area contributed by atoms with Gasteiger partial charge in [0.05, 0.1) is 12.7 Å². The van der Waals surface area contributed by atoms with Crippen LogP contribution in [0.2, 0.25) is 0 Å². The first kappa shape index (κ1) is 12.1. The molecule has 1 aromatic rings. The lowest BCUT2D eigenvalue weighted by Gasteiger charge is -2.25. The van der Waals surface area contributed by atoms with Crippen molar-refractivity contribution in [2.45, 2.75) is 51.9 Å². The molecule has 0 spiro atoms. The molecule has 2 nitrogen and oxygen atoms in total. The van der Waals surface area contributed by atoms with E-state index in [2.05, 4.69) is 24.4 Å². The highest BCUT2D eigenvalue weighted by Gasteiger charge is 2.17. The van der Waals surface area contributed by atoms with Crippen LogP contribution in [0, 0.1) is 0 Å². The summed E-state index contributed by atoms with van der Waals surface area (Å²) in [5.41, 5.74) is 0. The van der Waals surface area contributed by atoms with Crippen LogP contribution in [0.15, 0.2) is 12.1 Å². The van der Waals surface area contributed by atoms with Gasteiger partial charge in [-0.1, -0.05) is 6.92 Å². The maximum absolute atomic E-state index is 5.79. The van der Waals surface area contributed by atoms with Gasteiger partial charge in [0.25, 0.3) is 0 Å². The number of rotatable bonds is 7. The molecule has 1 aromatic heterocycles. The molecule has 90 valence electrons. The van der Waals surface area contributed by atoms with Crippen molar-refractivity contribution in [1.82, 2.24) is 5.32 Å². The fourth-order valence-electron chi connectivity index (χ4n) is 1.72. The minimum absolute atomic E-state index is 0.545. The molecule has 2 rings (SSSR count). The summed E-state index contributed by atoms with van der Waals surface area (Å²) in [6.45, 7) is 5.11. The third-order valence-corrected chi connectivity index (χ3v) is 4.02. The molecule has 0 saturated heterocycles. The Kier molecular flexibility index (Phi) is 4.82. The van der Waals surface area contributed by atoms with E-state index < -0.39 is 0 Å². The number of thiophene rings is 1. The van der Waals surface area contributed by atoms with E-state index in [1.165, 1.54) is 35.4 Å². The van der Waals surface area contributed by atoms with Crippen LogP contribution in [0.1, 0.15) is 42.4 Å². The summed E-state index contributed by atoms with van der Waals surface area (Å²) in [6.07, 6.45) is 5.61. The molecule has 0 aliphatic heterocycles. The lowest BCUT2D eigenvalue weighted by molar-refractivity contribution is -0.00744. The van der Waals surface area contributed by atoms with E-state index in [-0.39, 0.29) is 0 Å². The zero-order chi connectivity index (χ0) is 11.2. The first-order chi connectivity index (χ1) is 7.88. The van der Waals surface area contributed by atoms with Gasteiger partial charge in [-0.2, -0.15) is 0 Å². The Balaban J connectivity index is 1.68. The van der Waals surface area contributed by atoms with Crippen molar-refractivity contribution in [3.63, 3.8) is 0 Å². The third-order valence-electron chi connectivity index (χ3n) is 2.96. The van der Waals surface area contributed by atoms with Gasteiger partial charge in [-0.05, 0) is 44.4 Å². The van der Waals surface area contributed by atoms with Crippen LogP contribution in [-0.4, -0.2) is 12.6 Å². The van der Waals surface area contributed by atoms with Gasteiger partial charge in [-0.3, -0.25) is 0 Å². The molecule has 1 aliphatic rings. The molecule has 0 atom stereocenters. The summed E-state index contributed by atoms with van der Waals surface area (Å²) in [5, 5.41) is 3.42. The van der Waals surface area contributed by atoms with Crippen molar-refractivity contribution in [3.05, 3.63) is 21.9 Å². The standard InChI is InChI=1S/C13H21NOS/c1-2-8-14-9-12-6-7-13(16-12)10-15-11-4-3-5-11/h6-7,11,14H,2-5,8-10H2,1H3. The zero-order valence-corrected chi connectivity index (χ0v) is 10.8. The Hall–Kier alpha value is -0.380. The van der Waals surface area contributed by atoms with Crippen molar-refractivity contribution in [2.24, 2.45) is 0 Å². The summed E-state index contributed by atoms with van der Waals surface area (Å²) in [4.78, 5) is 2.78. The van der Waals surface area contributed by atoms with E-state index >= 15 is 0 Å². The quantitative estimate of drug-likeness (QED) is 0.737. The lowest BCUT2D eigenvalue weighted by atomic mass is 9.96. The van der Waals surface area contributed by atoms with E-state index in [9.17, 15) is 0 Å². The van der Waals surface area contributed by atoms with Crippen LogP contribution in [0.4, 0.5) is 0 Å². The zero-order valence-electron chi connectivity index (χ0n) is 10.00. The van der Waals surface area contributed by atoms with Crippen molar-refractivity contribution < 1.29 is 4.74 Å². The van der Waals surface area contributed by atoms with E-state index in [0.29, 0.717) is 6.10 Å². The van der Waals surface area contributed by atoms with E-state index in [1.54, 1.807) is 0 Å². The molecule has 0 radical (unpaired) electrons. The van der Waals surface area contributed by atoms with Gasteiger partial charge in [0.15, 0.2) is 0 Å². The van der Waals surface area contributed by atoms with Gasteiger partial charge in [0.1, 0.15) is 0 Å². The van der Waals surface area contributed by atoms with Crippen molar-refractivity contribution in [3.8, 4) is 0 Å². The van der Waals surface area contributed by atoms with Gasteiger partial charge in [0.2, 0.25) is 0 Å². The molecular weight excluding hydrogens is 218 g/mol. The Morgan fingerprint density at radius 1 is 1.38 bits per heavy atom. The predicted molar refractivity (Wildman–Crippen MR) is 68.7 cm³/mol. The SMILES string of the molecule is CCCNCc1ccc(COC2CCC2)s1. The molecule has 1 fully saturated rings. The van der Waals surface area contributed by atoms with Crippen LogP contribution in [0.3, 0.4) is 0 Å². The van der Waals surface area contributed by atoms with E-state index in [1.807, 2.05) is 11.3 Å². The topological polar surface area (TPSA) is 21.3 Å². The molecule has 1 N–H and O–H groups in total. The first-order valence-corrected chi connectivity index (χ1v) is 7.10. The average molecular weight is 239 g/mol. The van der Waals surface area contributed by atoms with Gasteiger partial charge >= 0.3 is 0 Å². The first-order valence-electron chi connectivity index (χ1n) is 6.28. The highest BCUT2D eigenvalue weighted by molar-refractivity contribution is 7.11. The van der Waals surface area contributed by atoms with Crippen LogP contribution >= 0.6 is 11.3 Å². The number of hydrogen-bond donors (Lipinski definition) is 1. The highest BCUT2D eigenvalue weighted by atomic mass is 32.1. The molecule has 0 unspecified atom stereocenters. The molecule has 1 aliphatic carbocycles. The van der Waals surface area contributed by atoms with Gasteiger partial charge in [-0.25, -0.2) is 0 Å². The van der Waals surface area contributed by atoms with Gasteiger partial charge < -0.3 is 10.1 Å². The second-order valence-corrected chi connectivity index (χ2v) is 5.66. The van der Waals surface area contributed by atoms with Crippen molar-refractivity contribution in [1.29, 1.82) is 0 Å². The third kappa shape index (κ3) is 3.58. The second kappa shape index (κ2) is 6.38. The number of ether oxygens (including phenoxy) is 1. The summed E-state index contributed by atoms with van der Waals surface area (Å²) in [7, 11) is 0. The Morgan fingerprint density at radius 2 is 2.19 bits per heavy atom. The van der Waals surface area contributed by atoms with Gasteiger partial charge in [-0.15, -0.1) is 11.3 Å². The molecule has 0 amide bonds. The predicted octanol–water partition coefficient (Wildman–Crippen LogP) is 3.32. The summed E-state index contributed by atoms with van der Waals surface area (Å²) in [5.74, 6) is 0. The van der Waals surface area contributed by atoms with Crippen LogP contribution in [0.25, 0.3) is 0 Å². The molecule has 1 heterocycles. The smallest absolute Gasteiger partial charge is 0.0813 e. The summed E-state index contributed by atoms with van der Waals surface area (Å²) < 4.78 is 5.79. The normalized spacial score (nSPS) is 16.3. The van der Waals surface area contributed by atoms with Crippen LogP contribution < -0.4 is 5.32 Å². The fourth-order valence-corrected chi connectivity index (χ4v) is 2.63. The lowest BCUT2D eigenvalue weighted by Crippen LogP contribution is -2.20. The summed E-state index contributed by atoms with van der Waals surface area (Å²) >= 11 is 1.87. The molecule has 0 aromatic carbocycles. The summed E-state index contributed by atoms with van der Waals surface area (Å²) in [6, 6.07) is 4.42. The van der Waals surface area contributed by atoms with Gasteiger partial charge in [0, 0.05) is 16.3 Å². The maximum Gasteiger partial charge on any atom is 0.0813 e. The van der Waals surface area contributed by atoms with Crippen LogP contribution in [0.5, 0.6) is 0 Å².